The predicted molar refractivity (Wildman–Crippen MR) is 75.1 cm³/mol. The van der Waals surface area contributed by atoms with Gasteiger partial charge in [-0.25, -0.2) is 4.39 Å². The molecular weight excluding hydrogens is 295 g/mol. The molecule has 2 rings (SSSR count). The summed E-state index contributed by atoms with van der Waals surface area (Å²) in [6, 6.07) is 8.87. The van der Waals surface area contributed by atoms with Gasteiger partial charge < -0.3 is 5.32 Å². The molecule has 1 atom stereocenters. The van der Waals surface area contributed by atoms with Crippen molar-refractivity contribution in [2.24, 2.45) is 0 Å². The highest BCUT2D eigenvalue weighted by Crippen LogP contribution is 2.16. The number of anilines is 1. The zero-order valence-electron chi connectivity index (χ0n) is 10.0. The average Bonchev–Trinajstić information content (AvgIpc) is 2.28. The van der Waals surface area contributed by atoms with Gasteiger partial charge in [0.1, 0.15) is 5.82 Å². The molecule has 0 amide bonds. The molecule has 1 N–H and O–H groups in total. The van der Waals surface area contributed by atoms with E-state index in [9.17, 15) is 4.39 Å². The van der Waals surface area contributed by atoms with Crippen molar-refractivity contribution >= 4 is 21.6 Å². The predicted octanol–water partition coefficient (Wildman–Crippen LogP) is 4.03. The molecule has 2 aromatic rings. The van der Waals surface area contributed by atoms with Crippen LogP contribution in [0.4, 0.5) is 10.1 Å². The summed E-state index contributed by atoms with van der Waals surface area (Å²) in [4.78, 5) is 4.09. The second-order valence-electron chi connectivity index (χ2n) is 4.27. The van der Waals surface area contributed by atoms with Crippen molar-refractivity contribution in [2.75, 3.05) is 5.32 Å². The van der Waals surface area contributed by atoms with Gasteiger partial charge in [-0.05, 0) is 53.0 Å². The zero-order chi connectivity index (χ0) is 13.0. The fourth-order valence-corrected chi connectivity index (χ4v) is 2.21. The number of hydrogen-bond acceptors (Lipinski definition) is 2. The smallest absolute Gasteiger partial charge is 0.123 e. The van der Waals surface area contributed by atoms with Crippen molar-refractivity contribution in [3.05, 3.63) is 58.6 Å². The maximum Gasteiger partial charge on any atom is 0.123 e. The van der Waals surface area contributed by atoms with E-state index >= 15 is 0 Å². The molecule has 0 aliphatic rings. The summed E-state index contributed by atoms with van der Waals surface area (Å²) in [6.45, 7) is 2.06. The van der Waals surface area contributed by atoms with Gasteiger partial charge in [-0.3, -0.25) is 4.98 Å². The van der Waals surface area contributed by atoms with E-state index in [2.05, 4.69) is 33.2 Å². The maximum absolute atomic E-state index is 13.1. The van der Waals surface area contributed by atoms with Crippen molar-refractivity contribution in [3.63, 3.8) is 0 Å². The van der Waals surface area contributed by atoms with Gasteiger partial charge in [-0.15, -0.1) is 0 Å². The molecule has 0 saturated carbocycles. The molecule has 0 spiro atoms. The van der Waals surface area contributed by atoms with E-state index in [1.54, 1.807) is 24.5 Å². The Kier molecular flexibility index (Phi) is 4.31. The van der Waals surface area contributed by atoms with Crippen molar-refractivity contribution in [2.45, 2.75) is 19.4 Å². The Bertz CT molecular complexity index is 483. The van der Waals surface area contributed by atoms with Gasteiger partial charge in [0, 0.05) is 16.7 Å². The van der Waals surface area contributed by atoms with Gasteiger partial charge in [-0.2, -0.15) is 0 Å². The standard InChI is InChI=1S/C14H14BrFN2/c1-10(5-11-3-2-4-13(16)6-11)18-14-7-12(15)8-17-9-14/h2-4,6-10,18H,5H2,1H3. The normalized spacial score (nSPS) is 12.2. The van der Waals surface area contributed by atoms with Crippen LogP contribution in [0.1, 0.15) is 12.5 Å². The third-order valence-electron chi connectivity index (χ3n) is 2.55. The van der Waals surface area contributed by atoms with Crippen LogP contribution in [0.2, 0.25) is 0 Å². The monoisotopic (exact) mass is 308 g/mol. The van der Waals surface area contributed by atoms with Crippen molar-refractivity contribution in [1.82, 2.24) is 4.98 Å². The van der Waals surface area contributed by atoms with E-state index < -0.39 is 0 Å². The molecule has 0 saturated heterocycles. The van der Waals surface area contributed by atoms with Crippen molar-refractivity contribution in [1.29, 1.82) is 0 Å². The van der Waals surface area contributed by atoms with Crippen molar-refractivity contribution in [3.8, 4) is 0 Å². The molecule has 0 aliphatic heterocycles. The Morgan fingerprint density at radius 3 is 2.89 bits per heavy atom. The van der Waals surface area contributed by atoms with Crippen LogP contribution < -0.4 is 5.32 Å². The van der Waals surface area contributed by atoms with Crippen LogP contribution in [0.25, 0.3) is 0 Å². The number of pyridine rings is 1. The maximum atomic E-state index is 13.1. The lowest BCUT2D eigenvalue weighted by Gasteiger charge is -2.15. The quantitative estimate of drug-likeness (QED) is 0.922. The van der Waals surface area contributed by atoms with E-state index in [4.69, 9.17) is 0 Å². The lowest BCUT2D eigenvalue weighted by molar-refractivity contribution is 0.624. The number of rotatable bonds is 4. The van der Waals surface area contributed by atoms with Crippen LogP contribution in [0.3, 0.4) is 0 Å². The second kappa shape index (κ2) is 5.96. The highest BCUT2D eigenvalue weighted by molar-refractivity contribution is 9.10. The van der Waals surface area contributed by atoms with Crippen LogP contribution >= 0.6 is 15.9 Å². The lowest BCUT2D eigenvalue weighted by atomic mass is 10.1. The SMILES string of the molecule is CC(Cc1cccc(F)c1)Nc1cncc(Br)c1. The van der Waals surface area contributed by atoms with Gasteiger partial charge in [0.25, 0.3) is 0 Å². The Hall–Kier alpha value is -1.42. The molecule has 0 bridgehead atoms. The number of benzene rings is 1. The molecule has 0 radical (unpaired) electrons. The number of aromatic nitrogens is 1. The minimum Gasteiger partial charge on any atom is -0.381 e. The van der Waals surface area contributed by atoms with Gasteiger partial charge in [0.2, 0.25) is 0 Å². The third-order valence-corrected chi connectivity index (χ3v) is 2.98. The summed E-state index contributed by atoms with van der Waals surface area (Å²) < 4.78 is 14.0. The number of hydrogen-bond donors (Lipinski definition) is 1. The Morgan fingerprint density at radius 1 is 1.33 bits per heavy atom. The van der Waals surface area contributed by atoms with Gasteiger partial charge in [-0.1, -0.05) is 12.1 Å². The molecular formula is C14H14BrFN2. The fourth-order valence-electron chi connectivity index (χ4n) is 1.84. The highest BCUT2D eigenvalue weighted by Gasteiger charge is 2.05. The largest absolute Gasteiger partial charge is 0.381 e. The van der Waals surface area contributed by atoms with Gasteiger partial charge in [0.15, 0.2) is 0 Å². The Morgan fingerprint density at radius 2 is 2.17 bits per heavy atom. The van der Waals surface area contributed by atoms with E-state index in [0.717, 1.165) is 22.1 Å². The zero-order valence-corrected chi connectivity index (χ0v) is 11.6. The lowest BCUT2D eigenvalue weighted by Crippen LogP contribution is -2.18. The summed E-state index contributed by atoms with van der Waals surface area (Å²) in [5.41, 5.74) is 1.94. The molecule has 1 aromatic carbocycles. The van der Waals surface area contributed by atoms with E-state index in [1.807, 2.05) is 12.1 Å². The molecule has 0 fully saturated rings. The van der Waals surface area contributed by atoms with Crippen LogP contribution in [0.15, 0.2) is 47.2 Å². The molecule has 2 nitrogen and oxygen atoms in total. The van der Waals surface area contributed by atoms with E-state index in [0.29, 0.717) is 0 Å². The molecule has 1 aromatic heterocycles. The third kappa shape index (κ3) is 3.81. The molecule has 1 heterocycles. The van der Waals surface area contributed by atoms with Crippen LogP contribution in [0.5, 0.6) is 0 Å². The average molecular weight is 309 g/mol. The van der Waals surface area contributed by atoms with Crippen LogP contribution in [0, 0.1) is 5.82 Å². The van der Waals surface area contributed by atoms with Crippen molar-refractivity contribution < 1.29 is 4.39 Å². The first-order valence-electron chi connectivity index (χ1n) is 5.75. The van der Waals surface area contributed by atoms with Gasteiger partial charge >= 0.3 is 0 Å². The second-order valence-corrected chi connectivity index (χ2v) is 5.19. The molecule has 1 unspecified atom stereocenters. The number of nitrogens with zero attached hydrogens (tertiary/aromatic N) is 1. The minimum absolute atomic E-state index is 0.191. The Balaban J connectivity index is 1.98. The van der Waals surface area contributed by atoms with E-state index in [1.165, 1.54) is 6.07 Å². The summed E-state index contributed by atoms with van der Waals surface area (Å²) >= 11 is 3.38. The number of halogens is 2. The summed E-state index contributed by atoms with van der Waals surface area (Å²) in [7, 11) is 0. The first-order valence-corrected chi connectivity index (χ1v) is 6.54. The first kappa shape index (κ1) is 13.0. The first-order chi connectivity index (χ1) is 8.63. The molecule has 0 aliphatic carbocycles. The summed E-state index contributed by atoms with van der Waals surface area (Å²) in [5, 5.41) is 3.34. The van der Waals surface area contributed by atoms with E-state index in [-0.39, 0.29) is 11.9 Å². The van der Waals surface area contributed by atoms with Gasteiger partial charge in [0.05, 0.1) is 11.9 Å². The molecule has 4 heteroatoms. The summed E-state index contributed by atoms with van der Waals surface area (Å²) in [5.74, 6) is -0.191. The topological polar surface area (TPSA) is 24.9 Å². The highest BCUT2D eigenvalue weighted by atomic mass is 79.9. The minimum atomic E-state index is -0.191. The molecule has 94 valence electrons. The summed E-state index contributed by atoms with van der Waals surface area (Å²) in [6.07, 6.45) is 4.28. The molecule has 18 heavy (non-hydrogen) atoms. The Labute approximate surface area is 114 Å². The van der Waals surface area contributed by atoms with Crippen LogP contribution in [-0.2, 0) is 6.42 Å². The van der Waals surface area contributed by atoms with Crippen LogP contribution in [-0.4, -0.2) is 11.0 Å². The fraction of sp³-hybridized carbons (Fsp3) is 0.214. The number of nitrogens with one attached hydrogen (secondary N) is 1.